The van der Waals surface area contributed by atoms with E-state index in [0.717, 1.165) is 16.7 Å². The van der Waals surface area contributed by atoms with Crippen LogP contribution in [-0.4, -0.2) is 173 Å². The number of imidazole rings is 1. The molecule has 0 aliphatic carbocycles. The lowest BCUT2D eigenvalue weighted by atomic mass is 10.1. The Labute approximate surface area is 364 Å². The minimum atomic E-state index is -1.03. The molecule has 21 nitrogen and oxygen atoms in total. The van der Waals surface area contributed by atoms with Crippen molar-refractivity contribution >= 4 is 51.9 Å². The van der Waals surface area contributed by atoms with Crippen LogP contribution in [0.25, 0.3) is 11.2 Å². The molecule has 0 saturated carbocycles. The number of unbranched alkanes of at least 4 members (excludes halogenated alkanes) is 2. The fourth-order valence-corrected chi connectivity index (χ4v) is 7.26. The van der Waals surface area contributed by atoms with Gasteiger partial charge in [-0.1, -0.05) is 18.1 Å². The smallest absolute Gasteiger partial charge is 0.320 e. The molecule has 3 aromatic rings. The molecule has 344 valence electrons. The van der Waals surface area contributed by atoms with Crippen LogP contribution in [0.4, 0.5) is 5.82 Å². The van der Waals surface area contributed by atoms with Gasteiger partial charge in [-0.05, 0) is 43.4 Å². The van der Waals surface area contributed by atoms with Crippen molar-refractivity contribution < 1.29 is 53.9 Å². The number of ether oxygens (including phenoxy) is 4. The topological polar surface area (TPSA) is 313 Å². The third kappa shape index (κ3) is 22.8. The second-order valence-corrected chi connectivity index (χ2v) is 15.6. The van der Waals surface area contributed by atoms with Gasteiger partial charge in [0, 0.05) is 62.5 Å². The number of carbonyl (C=O) groups is 3. The third-order valence-electron chi connectivity index (χ3n) is 8.47. The van der Waals surface area contributed by atoms with Crippen LogP contribution in [0.1, 0.15) is 54.9 Å². The van der Waals surface area contributed by atoms with Crippen molar-refractivity contribution in [3.63, 3.8) is 0 Å². The highest BCUT2D eigenvalue weighted by Gasteiger charge is 2.28. The number of hydrogen-bond donors (Lipinski definition) is 9. The van der Waals surface area contributed by atoms with Gasteiger partial charge in [-0.25, -0.2) is 20.4 Å². The summed E-state index contributed by atoms with van der Waals surface area (Å²) >= 11 is 0. The molecule has 3 unspecified atom stereocenters. The third-order valence-corrected chi connectivity index (χ3v) is 10.6. The molecule has 0 fully saturated rings. The molecule has 3 rings (SSSR count). The summed E-state index contributed by atoms with van der Waals surface area (Å²) < 4.78 is 22.2. The van der Waals surface area contributed by atoms with Gasteiger partial charge in [0.25, 0.3) is 5.91 Å². The van der Waals surface area contributed by atoms with Crippen LogP contribution in [0.3, 0.4) is 0 Å². The second kappa shape index (κ2) is 32.7. The molecule has 0 aliphatic heterocycles. The van der Waals surface area contributed by atoms with Gasteiger partial charge in [0.15, 0.2) is 17.1 Å². The molecular formula is C40H63N10O11S+. The largest absolute Gasteiger partial charge is 0.480 e. The lowest BCUT2D eigenvalue weighted by Crippen LogP contribution is -2.37. The highest BCUT2D eigenvalue weighted by atomic mass is 32.2. The van der Waals surface area contributed by atoms with E-state index in [1.54, 1.807) is 38.3 Å². The number of fused-ring (bicyclic) bond motifs is 1. The molecule has 62 heavy (non-hydrogen) atoms. The molecule has 2 aromatic heterocycles. The summed E-state index contributed by atoms with van der Waals surface area (Å²) in [5, 5.41) is 46.5. The summed E-state index contributed by atoms with van der Waals surface area (Å²) in [6.45, 7) is 5.63. The first kappa shape index (κ1) is 53.2. The highest BCUT2D eigenvalue weighted by molar-refractivity contribution is 7.97. The Kier molecular flexibility index (Phi) is 28.1. The van der Waals surface area contributed by atoms with Crippen molar-refractivity contribution in [2.24, 2.45) is 16.6 Å². The van der Waals surface area contributed by atoms with Crippen LogP contribution in [-0.2, 0) is 39.4 Å². The van der Waals surface area contributed by atoms with Crippen LogP contribution in [0.15, 0.2) is 42.0 Å². The van der Waals surface area contributed by atoms with E-state index in [9.17, 15) is 24.7 Å². The molecule has 2 heterocycles. The van der Waals surface area contributed by atoms with E-state index in [2.05, 4.69) is 48.0 Å². The molecule has 0 saturated heterocycles. The quantitative estimate of drug-likeness (QED) is 0.0104. The molecule has 4 atom stereocenters. The number of nitrogens with one attached hydrogen (secondary N) is 3. The average Bonchev–Trinajstić information content (AvgIpc) is 3.65. The molecule has 0 aliphatic rings. The van der Waals surface area contributed by atoms with Crippen LogP contribution < -0.4 is 27.5 Å². The molecule has 11 N–H and O–H groups in total. The van der Waals surface area contributed by atoms with E-state index in [0.29, 0.717) is 125 Å². The first-order valence-corrected chi connectivity index (χ1v) is 21.9. The number of benzene rings is 1. The zero-order valence-corrected chi connectivity index (χ0v) is 36.3. The number of amides is 2. The summed E-state index contributed by atoms with van der Waals surface area (Å²) in [6.07, 6.45) is 5.73. The number of aliphatic carboxylic acids is 1. The number of aliphatic hydroxyl groups excluding tert-OH is 2. The van der Waals surface area contributed by atoms with E-state index in [4.69, 9.17) is 40.6 Å². The molecule has 22 heteroatoms. The number of nitrogens with zero attached hydrogens (tertiary/aromatic N) is 5. The zero-order chi connectivity index (χ0) is 45.4. The molecule has 0 spiro atoms. The Morgan fingerprint density at radius 1 is 1.00 bits per heavy atom. The van der Waals surface area contributed by atoms with E-state index < -0.39 is 18.1 Å². The maximum atomic E-state index is 12.3. The average molecular weight is 892 g/mol. The molecule has 1 aromatic carbocycles. The Morgan fingerprint density at radius 3 is 2.37 bits per heavy atom. The van der Waals surface area contributed by atoms with Crippen molar-refractivity contribution in [1.82, 2.24) is 30.4 Å². The van der Waals surface area contributed by atoms with E-state index in [1.807, 2.05) is 0 Å². The molecule has 2 amide bonds. The van der Waals surface area contributed by atoms with Gasteiger partial charge in [0.2, 0.25) is 11.6 Å². The Morgan fingerprint density at radius 2 is 1.71 bits per heavy atom. The van der Waals surface area contributed by atoms with Crippen LogP contribution in [0.2, 0.25) is 0 Å². The molecule has 0 radical (unpaired) electrons. The van der Waals surface area contributed by atoms with Crippen molar-refractivity contribution in [1.29, 1.82) is 0 Å². The predicted octanol–water partition coefficient (Wildman–Crippen LogP) is -0.277. The predicted molar refractivity (Wildman–Crippen MR) is 235 cm³/mol. The van der Waals surface area contributed by atoms with Gasteiger partial charge < -0.3 is 61.6 Å². The lowest BCUT2D eigenvalue weighted by Gasteiger charge is -2.18. The van der Waals surface area contributed by atoms with Crippen LogP contribution >= 0.6 is 0 Å². The number of anilines is 1. The fraction of sp³-hybridized carbons (Fsp3) is 0.575. The number of methoxy groups -OCH3 is 1. The van der Waals surface area contributed by atoms with E-state index in [-0.39, 0.29) is 35.4 Å². The monoisotopic (exact) mass is 891 g/mol. The Hall–Kier alpha value is -4.96. The van der Waals surface area contributed by atoms with Gasteiger partial charge in [0.05, 0.1) is 58.6 Å². The number of aliphatic hydroxyl groups is 2. The number of carboxylic acids is 1. The van der Waals surface area contributed by atoms with Crippen molar-refractivity contribution in [2.75, 3.05) is 95.6 Å². The van der Waals surface area contributed by atoms with Crippen LogP contribution in [0.5, 0.6) is 0 Å². The van der Waals surface area contributed by atoms with Crippen LogP contribution in [0, 0.1) is 11.8 Å². The normalized spacial score (nSPS) is 13.0. The Bertz CT molecular complexity index is 1810. The summed E-state index contributed by atoms with van der Waals surface area (Å²) in [5.41, 5.74) is 15.5. The molecular weight excluding hydrogens is 829 g/mol. The van der Waals surface area contributed by atoms with Gasteiger partial charge in [-0.15, -0.1) is 0 Å². The van der Waals surface area contributed by atoms with E-state index >= 15 is 0 Å². The minimum absolute atomic E-state index is 0.00529. The van der Waals surface area contributed by atoms with Gasteiger partial charge >= 0.3 is 5.97 Å². The minimum Gasteiger partial charge on any atom is -0.480 e. The number of carbonyl (C=O) groups excluding carboxylic acids is 2. The van der Waals surface area contributed by atoms with Gasteiger partial charge in [-0.2, -0.15) is 9.83 Å². The summed E-state index contributed by atoms with van der Waals surface area (Å²) in [5.74, 6) is 7.06. The maximum Gasteiger partial charge on any atom is 0.320 e. The first-order valence-electron chi connectivity index (χ1n) is 20.1. The van der Waals surface area contributed by atoms with Gasteiger partial charge in [-0.3, -0.25) is 14.4 Å². The number of rotatable bonds is 30. The van der Waals surface area contributed by atoms with Crippen molar-refractivity contribution in [2.45, 2.75) is 57.3 Å². The second-order valence-electron chi connectivity index (χ2n) is 13.4. The number of carboxylic acid groups (broad SMARTS) is 1. The summed E-state index contributed by atoms with van der Waals surface area (Å²) in [4.78, 5) is 47.2. The van der Waals surface area contributed by atoms with Crippen molar-refractivity contribution in [3.05, 3.63) is 48.0 Å². The fourth-order valence-electron chi connectivity index (χ4n) is 5.05. The number of hydrazone groups is 1. The van der Waals surface area contributed by atoms with Gasteiger partial charge in [0.1, 0.15) is 36.3 Å². The first-order chi connectivity index (χ1) is 30.0. The van der Waals surface area contributed by atoms with E-state index in [1.165, 1.54) is 18.9 Å². The highest BCUT2D eigenvalue weighted by Crippen LogP contribution is 2.15. The lowest BCUT2D eigenvalue weighted by molar-refractivity contribution is -0.138. The number of aromatic nitrogens is 4. The maximum absolute atomic E-state index is 12.3. The Balaban J connectivity index is 0.000000786. The summed E-state index contributed by atoms with van der Waals surface area (Å²) in [6, 6.07) is 5.90. The standard InChI is InChI=1S/C33H53N5O9S.C7H9N5O2/c1-26(39)30(44-2)25-48(23-13-29(35)33(42)43)22-7-5-3-4-6-8-31(40)38-37-24-27-9-11-28(12-10-27)32(41)36-15-17-46-19-21-47-20-18-45-16-14-34;13-2-1-8-6-5-7(10-3-9-6)12(14)4-11-5/h9-12,24,26,29-30,39H,3-4,6,8,13-23,25,34-35H2,1-2H3,(H2-,36,38,40,41,42,43);3-4,13-14H,1-2H2,(H,8,9,10)/p+1/t26-,29?,30?,48?;/m1./s1. The van der Waals surface area contributed by atoms with Crippen molar-refractivity contribution in [3.8, 4) is 11.8 Å². The SMILES string of the molecule is COC(C[S+](CC#CCCCCC(=O)N/N=C\c1ccc(C(=O)NCCOCCOCCOCCN)cc1)CCC(N)C(=O)O)[C@@H](C)O.OCCNc1ncnc2c1ncn2O. The zero-order valence-electron chi connectivity index (χ0n) is 35.4. The summed E-state index contributed by atoms with van der Waals surface area (Å²) in [7, 11) is 1.27. The number of hydrogen-bond acceptors (Lipinski definition) is 17. The molecule has 0 bridgehead atoms. The number of nitrogens with two attached hydrogens (primary N) is 2.